The van der Waals surface area contributed by atoms with Crippen LogP contribution in [-0.2, 0) is 14.3 Å². The minimum absolute atomic E-state index is 0.457. The molecule has 1 saturated heterocycles. The first-order valence-corrected chi connectivity index (χ1v) is 4.17. The fourth-order valence-corrected chi connectivity index (χ4v) is 1.95. The zero-order chi connectivity index (χ0) is 9.64. The molecule has 0 N–H and O–H groups in total. The third-order valence-electron chi connectivity index (χ3n) is 2.72. The SMILES string of the molecule is C=C1CC=CC2(C)C(=O)OC(=O)C12. The lowest BCUT2D eigenvalue weighted by Crippen LogP contribution is -2.31. The molecule has 13 heavy (non-hydrogen) atoms. The predicted molar refractivity (Wildman–Crippen MR) is 45.6 cm³/mol. The Morgan fingerprint density at radius 1 is 1.62 bits per heavy atom. The van der Waals surface area contributed by atoms with Crippen molar-refractivity contribution in [2.45, 2.75) is 13.3 Å². The molecule has 68 valence electrons. The maximum Gasteiger partial charge on any atom is 0.324 e. The van der Waals surface area contributed by atoms with Crippen LogP contribution in [-0.4, -0.2) is 11.9 Å². The van der Waals surface area contributed by atoms with Gasteiger partial charge in [0.1, 0.15) is 5.41 Å². The lowest BCUT2D eigenvalue weighted by molar-refractivity contribution is -0.154. The van der Waals surface area contributed by atoms with Crippen LogP contribution in [0.5, 0.6) is 0 Å². The fourth-order valence-electron chi connectivity index (χ4n) is 1.95. The maximum absolute atomic E-state index is 11.4. The van der Waals surface area contributed by atoms with Crippen molar-refractivity contribution in [1.82, 2.24) is 0 Å². The van der Waals surface area contributed by atoms with Gasteiger partial charge in [-0.25, -0.2) is 0 Å². The molecule has 2 rings (SSSR count). The smallest absolute Gasteiger partial charge is 0.324 e. The number of carbonyl (C=O) groups is 2. The first-order valence-electron chi connectivity index (χ1n) is 4.17. The van der Waals surface area contributed by atoms with Crippen LogP contribution in [0.15, 0.2) is 24.3 Å². The van der Waals surface area contributed by atoms with Crippen molar-refractivity contribution in [1.29, 1.82) is 0 Å². The van der Waals surface area contributed by atoms with E-state index in [4.69, 9.17) is 0 Å². The van der Waals surface area contributed by atoms with E-state index in [1.54, 1.807) is 13.0 Å². The first kappa shape index (κ1) is 8.23. The molecule has 1 heterocycles. The molecule has 0 amide bonds. The Hall–Kier alpha value is -1.38. The Bertz CT molecular complexity index is 332. The van der Waals surface area contributed by atoms with E-state index in [-0.39, 0.29) is 0 Å². The van der Waals surface area contributed by atoms with E-state index in [1.807, 2.05) is 6.08 Å². The van der Waals surface area contributed by atoms with Gasteiger partial charge in [0.25, 0.3) is 0 Å². The second kappa shape index (κ2) is 2.31. The van der Waals surface area contributed by atoms with Crippen molar-refractivity contribution >= 4 is 11.9 Å². The maximum atomic E-state index is 11.4. The number of rotatable bonds is 0. The summed E-state index contributed by atoms with van der Waals surface area (Å²) in [6, 6.07) is 0. The number of allylic oxidation sites excluding steroid dienone is 1. The molecule has 3 nitrogen and oxygen atoms in total. The monoisotopic (exact) mass is 178 g/mol. The van der Waals surface area contributed by atoms with Gasteiger partial charge in [-0.2, -0.15) is 0 Å². The zero-order valence-corrected chi connectivity index (χ0v) is 7.37. The summed E-state index contributed by atoms with van der Waals surface area (Å²) in [5, 5.41) is 0. The summed E-state index contributed by atoms with van der Waals surface area (Å²) in [4.78, 5) is 22.6. The van der Waals surface area contributed by atoms with Crippen molar-refractivity contribution in [3.05, 3.63) is 24.3 Å². The van der Waals surface area contributed by atoms with Gasteiger partial charge >= 0.3 is 11.9 Å². The third-order valence-corrected chi connectivity index (χ3v) is 2.72. The van der Waals surface area contributed by atoms with Crippen molar-refractivity contribution in [3.63, 3.8) is 0 Å². The Kier molecular flexibility index (Phi) is 1.46. The molecular weight excluding hydrogens is 168 g/mol. The van der Waals surface area contributed by atoms with Gasteiger partial charge in [0.15, 0.2) is 0 Å². The summed E-state index contributed by atoms with van der Waals surface area (Å²) in [5.41, 5.74) is -0.0345. The summed E-state index contributed by atoms with van der Waals surface area (Å²) in [7, 11) is 0. The molecule has 2 unspecified atom stereocenters. The van der Waals surface area contributed by atoms with Crippen molar-refractivity contribution < 1.29 is 14.3 Å². The Balaban J connectivity index is 2.53. The number of esters is 2. The van der Waals surface area contributed by atoms with Crippen LogP contribution >= 0.6 is 0 Å². The molecule has 0 aromatic rings. The number of carbonyl (C=O) groups excluding carboxylic acids is 2. The molecule has 2 atom stereocenters. The largest absolute Gasteiger partial charge is 0.392 e. The Morgan fingerprint density at radius 2 is 2.31 bits per heavy atom. The molecule has 2 aliphatic rings. The summed E-state index contributed by atoms with van der Waals surface area (Å²) < 4.78 is 4.59. The summed E-state index contributed by atoms with van der Waals surface area (Å²) >= 11 is 0. The van der Waals surface area contributed by atoms with Gasteiger partial charge < -0.3 is 4.74 Å². The highest BCUT2D eigenvalue weighted by molar-refractivity contribution is 6.02. The summed E-state index contributed by atoms with van der Waals surface area (Å²) in [6.07, 6.45) is 4.26. The normalized spacial score (nSPS) is 37.6. The van der Waals surface area contributed by atoms with E-state index >= 15 is 0 Å². The molecule has 0 bridgehead atoms. The number of cyclic esters (lactones) is 2. The minimum atomic E-state index is -0.799. The summed E-state index contributed by atoms with van der Waals surface area (Å²) in [5.74, 6) is -1.38. The average Bonchev–Trinajstić information content (AvgIpc) is 2.24. The Morgan fingerprint density at radius 3 is 2.92 bits per heavy atom. The highest BCUT2D eigenvalue weighted by Gasteiger charge is 2.54. The molecule has 1 aliphatic heterocycles. The predicted octanol–water partition coefficient (Wildman–Crippen LogP) is 1.21. The van der Waals surface area contributed by atoms with E-state index < -0.39 is 23.3 Å². The van der Waals surface area contributed by atoms with Gasteiger partial charge in [0, 0.05) is 0 Å². The van der Waals surface area contributed by atoms with Gasteiger partial charge in [0.05, 0.1) is 5.92 Å². The molecule has 0 aromatic heterocycles. The highest BCUT2D eigenvalue weighted by Crippen LogP contribution is 2.45. The lowest BCUT2D eigenvalue weighted by atomic mass is 9.71. The van der Waals surface area contributed by atoms with E-state index in [9.17, 15) is 9.59 Å². The van der Waals surface area contributed by atoms with E-state index in [0.717, 1.165) is 5.57 Å². The molecule has 0 radical (unpaired) electrons. The Labute approximate surface area is 76.1 Å². The van der Waals surface area contributed by atoms with Crippen LogP contribution in [0.4, 0.5) is 0 Å². The summed E-state index contributed by atoms with van der Waals surface area (Å²) in [6.45, 7) is 5.50. The van der Waals surface area contributed by atoms with Crippen molar-refractivity contribution in [2.75, 3.05) is 0 Å². The minimum Gasteiger partial charge on any atom is -0.392 e. The number of ether oxygens (including phenoxy) is 1. The topological polar surface area (TPSA) is 43.4 Å². The van der Waals surface area contributed by atoms with E-state index in [1.165, 1.54) is 0 Å². The van der Waals surface area contributed by atoms with Crippen LogP contribution in [0.1, 0.15) is 13.3 Å². The van der Waals surface area contributed by atoms with Gasteiger partial charge in [-0.15, -0.1) is 0 Å². The lowest BCUT2D eigenvalue weighted by Gasteiger charge is -2.26. The van der Waals surface area contributed by atoms with Crippen LogP contribution in [0, 0.1) is 11.3 Å². The van der Waals surface area contributed by atoms with Gasteiger partial charge in [-0.05, 0) is 13.3 Å². The fraction of sp³-hybridized carbons (Fsp3) is 0.400. The van der Waals surface area contributed by atoms with E-state index in [2.05, 4.69) is 11.3 Å². The molecule has 0 aromatic carbocycles. The second-order valence-electron chi connectivity index (χ2n) is 3.69. The molecule has 0 spiro atoms. The quantitative estimate of drug-likeness (QED) is 0.318. The average molecular weight is 178 g/mol. The molecular formula is C10H10O3. The zero-order valence-electron chi connectivity index (χ0n) is 7.37. The van der Waals surface area contributed by atoms with Gasteiger partial charge in [0.2, 0.25) is 0 Å². The van der Waals surface area contributed by atoms with Crippen LogP contribution < -0.4 is 0 Å². The van der Waals surface area contributed by atoms with Crippen LogP contribution in [0.3, 0.4) is 0 Å². The van der Waals surface area contributed by atoms with Crippen LogP contribution in [0.2, 0.25) is 0 Å². The second-order valence-corrected chi connectivity index (χ2v) is 3.69. The van der Waals surface area contributed by atoms with Crippen LogP contribution in [0.25, 0.3) is 0 Å². The standard InChI is InChI=1S/C10H10O3/c1-6-4-3-5-10(2)7(6)8(11)13-9(10)12/h3,5,7H,1,4H2,2H3. The third kappa shape index (κ3) is 0.899. The molecule has 0 saturated carbocycles. The van der Waals surface area contributed by atoms with Crippen molar-refractivity contribution in [2.24, 2.45) is 11.3 Å². The number of fused-ring (bicyclic) bond motifs is 1. The first-order chi connectivity index (χ1) is 6.05. The molecule has 3 heteroatoms. The van der Waals surface area contributed by atoms with Crippen molar-refractivity contribution in [3.8, 4) is 0 Å². The number of hydrogen-bond donors (Lipinski definition) is 0. The molecule has 1 fully saturated rings. The van der Waals surface area contributed by atoms with Gasteiger partial charge in [-0.1, -0.05) is 24.3 Å². The highest BCUT2D eigenvalue weighted by atomic mass is 16.6. The number of hydrogen-bond acceptors (Lipinski definition) is 3. The molecule has 1 aliphatic carbocycles. The van der Waals surface area contributed by atoms with E-state index in [0.29, 0.717) is 6.42 Å². The van der Waals surface area contributed by atoms with Gasteiger partial charge in [-0.3, -0.25) is 9.59 Å².